The van der Waals surface area contributed by atoms with Crippen LogP contribution in [0.3, 0.4) is 0 Å². The highest BCUT2D eigenvalue weighted by Crippen LogP contribution is 2.30. The Bertz CT molecular complexity index is 852. The number of nitrogens with zero attached hydrogens (tertiary/aromatic N) is 4. The maximum atomic E-state index is 6.28. The number of halogens is 1. The van der Waals surface area contributed by atoms with Crippen molar-refractivity contribution >= 4 is 39.4 Å². The van der Waals surface area contributed by atoms with Gasteiger partial charge in [-0.2, -0.15) is 0 Å². The molecular weight excluding hydrogens is 372 g/mol. The number of hydrogen-bond acceptors (Lipinski definition) is 6. The Hall–Kier alpha value is -1.47. The van der Waals surface area contributed by atoms with Crippen LogP contribution >= 0.6 is 34.3 Å². The number of piperazine rings is 1. The first-order valence-electron chi connectivity index (χ1n) is 8.28. The molecule has 4 nitrogen and oxygen atoms in total. The first-order valence-corrected chi connectivity index (χ1v) is 10.4. The molecule has 7 heteroatoms. The van der Waals surface area contributed by atoms with E-state index in [9.17, 15) is 0 Å². The second-order valence-electron chi connectivity index (χ2n) is 6.16. The van der Waals surface area contributed by atoms with Crippen LogP contribution in [0.4, 0.5) is 5.13 Å². The highest BCUT2D eigenvalue weighted by atomic mass is 35.5. The third kappa shape index (κ3) is 3.87. The van der Waals surface area contributed by atoms with Crippen LogP contribution in [0.2, 0.25) is 5.02 Å². The molecule has 3 aromatic rings. The second kappa shape index (κ2) is 7.41. The van der Waals surface area contributed by atoms with Crippen LogP contribution in [0.5, 0.6) is 0 Å². The van der Waals surface area contributed by atoms with E-state index in [2.05, 4.69) is 32.5 Å². The van der Waals surface area contributed by atoms with Gasteiger partial charge in [0.15, 0.2) is 5.13 Å². The lowest BCUT2D eigenvalue weighted by molar-refractivity contribution is 0.247. The molecule has 0 saturated carbocycles. The monoisotopic (exact) mass is 390 g/mol. The van der Waals surface area contributed by atoms with Gasteiger partial charge in [0, 0.05) is 49.0 Å². The van der Waals surface area contributed by atoms with Gasteiger partial charge in [0.05, 0.1) is 16.4 Å². The van der Waals surface area contributed by atoms with E-state index in [1.807, 2.05) is 24.3 Å². The van der Waals surface area contributed by atoms with E-state index < -0.39 is 0 Å². The van der Waals surface area contributed by atoms with Crippen LogP contribution < -0.4 is 4.90 Å². The summed E-state index contributed by atoms with van der Waals surface area (Å²) in [7, 11) is 0. The van der Waals surface area contributed by atoms with E-state index in [0.29, 0.717) is 0 Å². The van der Waals surface area contributed by atoms with Crippen LogP contribution in [-0.2, 0) is 6.54 Å². The van der Waals surface area contributed by atoms with Crippen molar-refractivity contribution in [3.8, 4) is 10.6 Å². The number of thiazole rings is 2. The van der Waals surface area contributed by atoms with Crippen molar-refractivity contribution in [2.24, 2.45) is 0 Å². The van der Waals surface area contributed by atoms with Gasteiger partial charge in [-0.05, 0) is 13.0 Å². The molecule has 1 saturated heterocycles. The summed E-state index contributed by atoms with van der Waals surface area (Å²) in [5.74, 6) is 0. The lowest BCUT2D eigenvalue weighted by Gasteiger charge is -2.34. The molecule has 2 aromatic heterocycles. The molecule has 0 aliphatic carbocycles. The molecule has 1 aliphatic heterocycles. The van der Waals surface area contributed by atoms with Gasteiger partial charge in [0.25, 0.3) is 0 Å². The van der Waals surface area contributed by atoms with Crippen molar-refractivity contribution < 1.29 is 0 Å². The van der Waals surface area contributed by atoms with Gasteiger partial charge in [-0.25, -0.2) is 9.97 Å². The van der Waals surface area contributed by atoms with E-state index in [4.69, 9.17) is 16.6 Å². The second-order valence-corrected chi connectivity index (χ2v) is 8.26. The maximum Gasteiger partial charge on any atom is 0.185 e. The zero-order chi connectivity index (χ0) is 17.2. The highest BCUT2D eigenvalue weighted by Gasteiger charge is 2.20. The normalized spacial score (nSPS) is 15.7. The van der Waals surface area contributed by atoms with Crippen LogP contribution in [0.1, 0.15) is 11.4 Å². The van der Waals surface area contributed by atoms with Gasteiger partial charge < -0.3 is 4.90 Å². The van der Waals surface area contributed by atoms with E-state index in [-0.39, 0.29) is 0 Å². The fourth-order valence-corrected chi connectivity index (χ4v) is 4.94. The standard InChI is InChI=1S/C18H19ClN4S2/c1-13-11-25-18(20-13)23-8-6-22(7-9-23)10-14-12-24-17(21-14)15-4-2-3-5-16(15)19/h2-5,11-12H,6-10H2,1H3. The van der Waals surface area contributed by atoms with Crippen LogP contribution in [0.15, 0.2) is 35.0 Å². The molecule has 0 radical (unpaired) electrons. The third-order valence-corrected chi connectivity index (χ3v) is 6.56. The number of rotatable bonds is 4. The molecule has 1 fully saturated rings. The number of aromatic nitrogens is 2. The summed E-state index contributed by atoms with van der Waals surface area (Å²) in [6.45, 7) is 7.07. The SMILES string of the molecule is Cc1csc(N2CCN(Cc3csc(-c4ccccc4Cl)n3)CC2)n1. The molecule has 0 atom stereocenters. The molecule has 1 aromatic carbocycles. The van der Waals surface area contributed by atoms with E-state index >= 15 is 0 Å². The van der Waals surface area contributed by atoms with Crippen molar-refractivity contribution in [3.63, 3.8) is 0 Å². The summed E-state index contributed by atoms with van der Waals surface area (Å²) in [6.07, 6.45) is 0. The largest absolute Gasteiger partial charge is 0.346 e. The average Bonchev–Trinajstić information content (AvgIpc) is 3.25. The van der Waals surface area contributed by atoms with Crippen LogP contribution in [0, 0.1) is 6.92 Å². The van der Waals surface area contributed by atoms with Crippen molar-refractivity contribution in [1.29, 1.82) is 0 Å². The Kier molecular flexibility index (Phi) is 5.03. The summed E-state index contributed by atoms with van der Waals surface area (Å²) in [5.41, 5.74) is 3.25. The van der Waals surface area contributed by atoms with Gasteiger partial charge in [0.2, 0.25) is 0 Å². The van der Waals surface area contributed by atoms with Crippen molar-refractivity contribution in [1.82, 2.24) is 14.9 Å². The zero-order valence-electron chi connectivity index (χ0n) is 14.0. The Morgan fingerprint density at radius 3 is 2.56 bits per heavy atom. The number of anilines is 1. The third-order valence-electron chi connectivity index (χ3n) is 4.29. The Morgan fingerprint density at radius 1 is 1.04 bits per heavy atom. The fraction of sp³-hybridized carbons (Fsp3) is 0.333. The Labute approximate surface area is 160 Å². The minimum absolute atomic E-state index is 0.760. The molecular formula is C18H19ClN4S2. The molecule has 0 N–H and O–H groups in total. The number of benzene rings is 1. The number of hydrogen-bond donors (Lipinski definition) is 0. The molecule has 0 bridgehead atoms. The molecule has 3 heterocycles. The lowest BCUT2D eigenvalue weighted by Crippen LogP contribution is -2.46. The molecule has 0 amide bonds. The molecule has 4 rings (SSSR count). The van der Waals surface area contributed by atoms with Crippen LogP contribution in [-0.4, -0.2) is 41.0 Å². The van der Waals surface area contributed by atoms with E-state index in [1.54, 1.807) is 22.7 Å². The van der Waals surface area contributed by atoms with Gasteiger partial charge in [-0.15, -0.1) is 22.7 Å². The number of aryl methyl sites for hydroxylation is 1. The maximum absolute atomic E-state index is 6.28. The van der Waals surface area contributed by atoms with Crippen molar-refractivity contribution in [3.05, 3.63) is 51.4 Å². The van der Waals surface area contributed by atoms with Gasteiger partial charge in [-0.3, -0.25) is 4.90 Å². The summed E-state index contributed by atoms with van der Waals surface area (Å²) >= 11 is 9.68. The Morgan fingerprint density at radius 2 is 1.84 bits per heavy atom. The first kappa shape index (κ1) is 17.0. The molecule has 0 unspecified atom stereocenters. The fourth-order valence-electron chi connectivity index (χ4n) is 2.95. The molecule has 0 spiro atoms. The highest BCUT2D eigenvalue weighted by molar-refractivity contribution is 7.13. The Balaban J connectivity index is 1.37. The van der Waals surface area contributed by atoms with Gasteiger partial charge >= 0.3 is 0 Å². The average molecular weight is 391 g/mol. The first-order chi connectivity index (χ1) is 12.2. The van der Waals surface area contributed by atoms with Crippen LogP contribution in [0.25, 0.3) is 10.6 Å². The van der Waals surface area contributed by atoms with Gasteiger partial charge in [0.1, 0.15) is 5.01 Å². The quantitative estimate of drug-likeness (QED) is 0.654. The lowest BCUT2D eigenvalue weighted by atomic mass is 10.2. The predicted molar refractivity (Wildman–Crippen MR) is 107 cm³/mol. The molecule has 130 valence electrons. The summed E-state index contributed by atoms with van der Waals surface area (Å²) in [4.78, 5) is 14.2. The topological polar surface area (TPSA) is 32.3 Å². The summed E-state index contributed by atoms with van der Waals surface area (Å²) < 4.78 is 0. The zero-order valence-corrected chi connectivity index (χ0v) is 16.4. The smallest absolute Gasteiger partial charge is 0.185 e. The van der Waals surface area contributed by atoms with Crippen molar-refractivity contribution in [2.45, 2.75) is 13.5 Å². The minimum Gasteiger partial charge on any atom is -0.346 e. The van der Waals surface area contributed by atoms with Gasteiger partial charge in [-0.1, -0.05) is 29.8 Å². The molecule has 1 aliphatic rings. The van der Waals surface area contributed by atoms with Crippen molar-refractivity contribution in [2.75, 3.05) is 31.1 Å². The summed E-state index contributed by atoms with van der Waals surface area (Å²) in [5, 5.41) is 7.17. The van der Waals surface area contributed by atoms with E-state index in [0.717, 1.165) is 64.8 Å². The summed E-state index contributed by atoms with van der Waals surface area (Å²) in [6, 6.07) is 7.89. The molecule has 25 heavy (non-hydrogen) atoms. The minimum atomic E-state index is 0.760. The predicted octanol–water partition coefficient (Wildman–Crippen LogP) is 4.55. The van der Waals surface area contributed by atoms with E-state index in [1.165, 1.54) is 0 Å².